The summed E-state index contributed by atoms with van der Waals surface area (Å²) in [6.45, 7) is 0.758. The summed E-state index contributed by atoms with van der Waals surface area (Å²) >= 11 is 13.3. The third-order valence-corrected chi connectivity index (χ3v) is 3.58. The first-order valence-corrected chi connectivity index (χ1v) is 6.61. The molecule has 0 aliphatic rings. The van der Waals surface area contributed by atoms with Crippen LogP contribution in [0.25, 0.3) is 0 Å². The van der Waals surface area contributed by atoms with Crippen LogP contribution in [0.4, 0.5) is 10.1 Å². The standard InChI is InChI=1S/C11H11Cl2N3S/c12-8-2-1-7(9(13)5-8)3-4-15-11-16-6-10(14)17-11/h1-2,5-6H,3-4,14H2,(H,15,16). The number of aromatic nitrogens is 1. The van der Waals surface area contributed by atoms with Crippen molar-refractivity contribution in [2.45, 2.75) is 6.42 Å². The summed E-state index contributed by atoms with van der Waals surface area (Å²) in [5.74, 6) is 0. The van der Waals surface area contributed by atoms with Crippen molar-refractivity contribution >= 4 is 44.7 Å². The predicted octanol–water partition coefficient (Wildman–Crippen LogP) is 3.69. The second kappa shape index (κ2) is 5.58. The van der Waals surface area contributed by atoms with Crippen LogP contribution in [0.5, 0.6) is 0 Å². The van der Waals surface area contributed by atoms with Crippen molar-refractivity contribution in [3.8, 4) is 0 Å². The van der Waals surface area contributed by atoms with Gasteiger partial charge in [0.25, 0.3) is 0 Å². The van der Waals surface area contributed by atoms with Gasteiger partial charge in [0.15, 0.2) is 5.13 Å². The number of thiazole rings is 1. The Kier molecular flexibility index (Phi) is 4.10. The van der Waals surface area contributed by atoms with Gasteiger partial charge in [-0.25, -0.2) is 4.98 Å². The molecule has 3 nitrogen and oxygen atoms in total. The second-order valence-electron chi connectivity index (χ2n) is 3.48. The molecule has 0 amide bonds. The zero-order valence-electron chi connectivity index (χ0n) is 8.91. The number of nitrogens with one attached hydrogen (secondary N) is 1. The minimum Gasteiger partial charge on any atom is -0.389 e. The van der Waals surface area contributed by atoms with Crippen molar-refractivity contribution in [2.75, 3.05) is 17.6 Å². The van der Waals surface area contributed by atoms with E-state index in [1.807, 2.05) is 12.1 Å². The molecule has 3 N–H and O–H groups in total. The molecule has 0 radical (unpaired) electrons. The van der Waals surface area contributed by atoms with Gasteiger partial charge in [-0.1, -0.05) is 40.6 Å². The average Bonchev–Trinajstić information content (AvgIpc) is 2.68. The fourth-order valence-electron chi connectivity index (χ4n) is 1.40. The van der Waals surface area contributed by atoms with E-state index in [9.17, 15) is 0 Å². The number of hydrogen-bond donors (Lipinski definition) is 2. The third kappa shape index (κ3) is 3.49. The number of nitrogens with two attached hydrogens (primary N) is 1. The molecule has 0 unspecified atom stereocenters. The van der Waals surface area contributed by atoms with Crippen LogP contribution in [0.2, 0.25) is 10.0 Å². The number of hydrogen-bond acceptors (Lipinski definition) is 4. The van der Waals surface area contributed by atoms with Gasteiger partial charge in [0.05, 0.1) is 6.20 Å². The van der Waals surface area contributed by atoms with Crippen LogP contribution in [0.1, 0.15) is 5.56 Å². The van der Waals surface area contributed by atoms with E-state index >= 15 is 0 Å². The van der Waals surface area contributed by atoms with Gasteiger partial charge < -0.3 is 11.1 Å². The van der Waals surface area contributed by atoms with Gasteiger partial charge in [0.2, 0.25) is 0 Å². The van der Waals surface area contributed by atoms with Crippen molar-refractivity contribution in [2.24, 2.45) is 0 Å². The maximum atomic E-state index is 6.07. The minimum atomic E-state index is 0.652. The molecule has 17 heavy (non-hydrogen) atoms. The number of halogens is 2. The van der Waals surface area contributed by atoms with Crippen LogP contribution < -0.4 is 11.1 Å². The summed E-state index contributed by atoms with van der Waals surface area (Å²) in [5.41, 5.74) is 6.65. The predicted molar refractivity (Wildman–Crippen MR) is 75.2 cm³/mol. The van der Waals surface area contributed by atoms with E-state index in [0.29, 0.717) is 15.0 Å². The first-order valence-electron chi connectivity index (χ1n) is 5.04. The Bertz CT molecular complexity index is 513. The van der Waals surface area contributed by atoms with Crippen molar-refractivity contribution < 1.29 is 0 Å². The average molecular weight is 288 g/mol. The molecule has 0 spiro atoms. The molecule has 0 atom stereocenters. The van der Waals surface area contributed by atoms with Crippen LogP contribution in [0, 0.1) is 0 Å². The molecule has 2 aromatic rings. The normalized spacial score (nSPS) is 10.5. The lowest BCUT2D eigenvalue weighted by atomic mass is 10.1. The van der Waals surface area contributed by atoms with Crippen molar-refractivity contribution in [1.82, 2.24) is 4.98 Å². The Morgan fingerprint density at radius 1 is 1.35 bits per heavy atom. The number of rotatable bonds is 4. The molecular weight excluding hydrogens is 277 g/mol. The van der Waals surface area contributed by atoms with Crippen LogP contribution in [-0.4, -0.2) is 11.5 Å². The van der Waals surface area contributed by atoms with E-state index in [0.717, 1.165) is 23.7 Å². The second-order valence-corrected chi connectivity index (χ2v) is 5.39. The van der Waals surface area contributed by atoms with Crippen molar-refractivity contribution in [3.63, 3.8) is 0 Å². The summed E-state index contributed by atoms with van der Waals surface area (Å²) in [6.07, 6.45) is 2.46. The molecule has 0 bridgehead atoms. The fraction of sp³-hybridized carbons (Fsp3) is 0.182. The SMILES string of the molecule is Nc1cnc(NCCc2ccc(Cl)cc2Cl)s1. The van der Waals surface area contributed by atoms with Gasteiger partial charge in [-0.15, -0.1) is 0 Å². The maximum absolute atomic E-state index is 6.07. The highest BCUT2D eigenvalue weighted by Crippen LogP contribution is 2.22. The maximum Gasteiger partial charge on any atom is 0.184 e. The molecular formula is C11H11Cl2N3S. The minimum absolute atomic E-state index is 0.652. The van der Waals surface area contributed by atoms with Gasteiger partial charge in [0, 0.05) is 16.6 Å². The molecule has 0 aliphatic carbocycles. The largest absolute Gasteiger partial charge is 0.389 e. The third-order valence-electron chi connectivity index (χ3n) is 2.21. The van der Waals surface area contributed by atoms with E-state index in [4.69, 9.17) is 28.9 Å². The monoisotopic (exact) mass is 287 g/mol. The number of benzene rings is 1. The molecule has 1 heterocycles. The summed E-state index contributed by atoms with van der Waals surface area (Å²) in [5, 5.41) is 6.07. The Balaban J connectivity index is 1.90. The lowest BCUT2D eigenvalue weighted by Gasteiger charge is -2.05. The van der Waals surface area contributed by atoms with E-state index in [-0.39, 0.29) is 0 Å². The summed E-state index contributed by atoms with van der Waals surface area (Å²) in [4.78, 5) is 4.11. The fourth-order valence-corrected chi connectivity index (χ4v) is 2.51. The molecule has 0 fully saturated rings. The van der Waals surface area contributed by atoms with Crippen LogP contribution in [-0.2, 0) is 6.42 Å². The summed E-state index contributed by atoms with van der Waals surface area (Å²) in [7, 11) is 0. The number of nitrogens with zero attached hydrogens (tertiary/aromatic N) is 1. The zero-order valence-corrected chi connectivity index (χ0v) is 11.2. The highest BCUT2D eigenvalue weighted by atomic mass is 35.5. The van der Waals surface area contributed by atoms with E-state index in [1.54, 1.807) is 12.3 Å². The first-order chi connectivity index (χ1) is 8.15. The van der Waals surface area contributed by atoms with Crippen LogP contribution in [0.15, 0.2) is 24.4 Å². The van der Waals surface area contributed by atoms with Gasteiger partial charge in [-0.3, -0.25) is 0 Å². The van der Waals surface area contributed by atoms with Gasteiger partial charge in [0.1, 0.15) is 5.00 Å². The van der Waals surface area contributed by atoms with E-state index < -0.39 is 0 Å². The van der Waals surface area contributed by atoms with Gasteiger partial charge in [-0.05, 0) is 24.1 Å². The molecule has 0 aliphatic heterocycles. The number of nitrogen functional groups attached to an aromatic ring is 1. The summed E-state index contributed by atoms with van der Waals surface area (Å²) < 4.78 is 0. The summed E-state index contributed by atoms with van der Waals surface area (Å²) in [6, 6.07) is 5.52. The van der Waals surface area contributed by atoms with Crippen molar-refractivity contribution in [1.29, 1.82) is 0 Å². The molecule has 1 aromatic heterocycles. The van der Waals surface area contributed by atoms with Gasteiger partial charge in [-0.2, -0.15) is 0 Å². The molecule has 0 saturated heterocycles. The lowest BCUT2D eigenvalue weighted by Crippen LogP contribution is -2.04. The highest BCUT2D eigenvalue weighted by molar-refractivity contribution is 7.19. The molecule has 90 valence electrons. The number of anilines is 2. The molecule has 2 rings (SSSR count). The Hall–Kier alpha value is -0.970. The van der Waals surface area contributed by atoms with E-state index in [2.05, 4.69) is 10.3 Å². The topological polar surface area (TPSA) is 50.9 Å². The van der Waals surface area contributed by atoms with Gasteiger partial charge >= 0.3 is 0 Å². The first kappa shape index (κ1) is 12.5. The van der Waals surface area contributed by atoms with Crippen molar-refractivity contribution in [3.05, 3.63) is 40.0 Å². The quantitative estimate of drug-likeness (QED) is 0.902. The zero-order chi connectivity index (χ0) is 12.3. The lowest BCUT2D eigenvalue weighted by molar-refractivity contribution is 1.02. The van der Waals surface area contributed by atoms with Crippen LogP contribution >= 0.6 is 34.5 Å². The van der Waals surface area contributed by atoms with Crippen LogP contribution in [0.3, 0.4) is 0 Å². The Labute approximate surface area is 114 Å². The highest BCUT2D eigenvalue weighted by Gasteiger charge is 2.02. The smallest absolute Gasteiger partial charge is 0.184 e. The Morgan fingerprint density at radius 3 is 2.82 bits per heavy atom. The Morgan fingerprint density at radius 2 is 2.18 bits per heavy atom. The molecule has 0 saturated carbocycles. The van der Waals surface area contributed by atoms with E-state index in [1.165, 1.54) is 11.3 Å². The molecule has 6 heteroatoms. The molecule has 1 aromatic carbocycles.